The van der Waals surface area contributed by atoms with E-state index in [-0.39, 0.29) is 0 Å². The Hall–Kier alpha value is -2.46. The van der Waals surface area contributed by atoms with Gasteiger partial charge >= 0.3 is 0 Å². The molecule has 0 fully saturated rings. The molecule has 136 valence electrons. The molecule has 0 atom stereocenters. The average Bonchev–Trinajstić information content (AvgIpc) is 2.78. The minimum Gasteiger partial charge on any atom is -0.376 e. The van der Waals surface area contributed by atoms with E-state index >= 15 is 0 Å². The molecule has 0 aromatic heterocycles. The fourth-order valence-electron chi connectivity index (χ4n) is 3.67. The van der Waals surface area contributed by atoms with Crippen LogP contribution in [-0.4, -0.2) is 5.11 Å². The molecule has 1 N–H and O–H groups in total. The number of hydrogen-bond acceptors (Lipinski definition) is 3. The molecule has 0 unspecified atom stereocenters. The summed E-state index contributed by atoms with van der Waals surface area (Å²) in [6.45, 7) is 0. The van der Waals surface area contributed by atoms with Gasteiger partial charge < -0.3 is 5.11 Å². The van der Waals surface area contributed by atoms with Crippen molar-refractivity contribution in [2.45, 2.75) is 25.2 Å². The summed E-state index contributed by atoms with van der Waals surface area (Å²) in [5.41, 5.74) is 1.46. The molecular weight excluding hydrogens is 380 g/mol. The summed E-state index contributed by atoms with van der Waals surface area (Å²) < 4.78 is 0. The van der Waals surface area contributed by atoms with Crippen LogP contribution in [0.4, 0.5) is 0 Å². The Balaban J connectivity index is 1.75. The SMILES string of the molecule is OC(c1ccccc1)(c1ccccc1)c1cccc2c1Sc1ccccc1S2. The van der Waals surface area contributed by atoms with E-state index in [2.05, 4.69) is 36.4 Å². The fourth-order valence-corrected chi connectivity index (χ4v) is 6.10. The van der Waals surface area contributed by atoms with Crippen molar-refractivity contribution in [2.75, 3.05) is 0 Å². The second kappa shape index (κ2) is 7.17. The molecular formula is C25H18OS2. The van der Waals surface area contributed by atoms with Gasteiger partial charge in [-0.1, -0.05) is 108 Å². The van der Waals surface area contributed by atoms with E-state index in [1.54, 1.807) is 23.5 Å². The van der Waals surface area contributed by atoms with Crippen LogP contribution in [-0.2, 0) is 5.60 Å². The molecule has 1 aliphatic heterocycles. The standard InChI is InChI=1S/C25H18OS2/c26-25(18-10-3-1-4-11-18,19-12-5-2-6-13-19)20-14-9-17-23-24(20)28-22-16-8-7-15-21(22)27-23/h1-17,26H. The van der Waals surface area contributed by atoms with E-state index < -0.39 is 5.60 Å². The van der Waals surface area contributed by atoms with Crippen LogP contribution in [0, 0.1) is 0 Å². The summed E-state index contributed by atoms with van der Waals surface area (Å²) in [6, 6.07) is 34.6. The first-order valence-corrected chi connectivity index (χ1v) is 10.8. The Kier molecular flexibility index (Phi) is 4.52. The second-order valence-corrected chi connectivity index (χ2v) is 8.86. The molecule has 1 nitrogen and oxygen atoms in total. The molecule has 0 amide bonds. The number of fused-ring (bicyclic) bond motifs is 2. The Morgan fingerprint density at radius 1 is 0.500 bits per heavy atom. The summed E-state index contributed by atoms with van der Waals surface area (Å²) >= 11 is 3.52. The van der Waals surface area contributed by atoms with Crippen molar-refractivity contribution in [3.63, 3.8) is 0 Å². The predicted octanol–water partition coefficient (Wildman–Crippen LogP) is 6.59. The first kappa shape index (κ1) is 17.6. The number of aliphatic hydroxyl groups is 1. The van der Waals surface area contributed by atoms with Gasteiger partial charge in [0.25, 0.3) is 0 Å². The van der Waals surface area contributed by atoms with Gasteiger partial charge in [0.1, 0.15) is 5.60 Å². The van der Waals surface area contributed by atoms with Crippen molar-refractivity contribution in [1.29, 1.82) is 0 Å². The fraction of sp³-hybridized carbons (Fsp3) is 0.0400. The monoisotopic (exact) mass is 398 g/mol. The Morgan fingerprint density at radius 2 is 1.00 bits per heavy atom. The zero-order valence-corrected chi connectivity index (χ0v) is 16.7. The zero-order chi connectivity index (χ0) is 19.0. The third-order valence-electron chi connectivity index (χ3n) is 5.03. The minimum atomic E-state index is -1.21. The van der Waals surface area contributed by atoms with Gasteiger partial charge in [0.15, 0.2) is 0 Å². The highest BCUT2D eigenvalue weighted by molar-refractivity contribution is 8.05. The lowest BCUT2D eigenvalue weighted by Crippen LogP contribution is -2.29. The van der Waals surface area contributed by atoms with Crippen molar-refractivity contribution in [3.8, 4) is 0 Å². The lowest BCUT2D eigenvalue weighted by Gasteiger charge is -2.33. The molecule has 1 heterocycles. The van der Waals surface area contributed by atoms with Crippen molar-refractivity contribution in [3.05, 3.63) is 120 Å². The first-order chi connectivity index (χ1) is 13.8. The van der Waals surface area contributed by atoms with Crippen molar-refractivity contribution in [1.82, 2.24) is 0 Å². The molecule has 4 aromatic carbocycles. The van der Waals surface area contributed by atoms with Crippen molar-refractivity contribution >= 4 is 23.5 Å². The molecule has 0 saturated heterocycles. The molecule has 4 aromatic rings. The van der Waals surface area contributed by atoms with Gasteiger partial charge in [-0.15, -0.1) is 0 Å². The lowest BCUT2D eigenvalue weighted by atomic mass is 9.80. The average molecular weight is 399 g/mol. The zero-order valence-electron chi connectivity index (χ0n) is 15.1. The number of rotatable bonds is 3. The summed E-state index contributed by atoms with van der Waals surface area (Å²) in [6.07, 6.45) is 0. The number of hydrogen-bond donors (Lipinski definition) is 1. The van der Waals surface area contributed by atoms with Crippen molar-refractivity contribution in [2.24, 2.45) is 0 Å². The maximum absolute atomic E-state index is 12.2. The topological polar surface area (TPSA) is 20.2 Å². The van der Waals surface area contributed by atoms with Gasteiger partial charge in [0, 0.05) is 25.1 Å². The van der Waals surface area contributed by atoms with Gasteiger partial charge in [0.2, 0.25) is 0 Å². The molecule has 1 aliphatic rings. The summed E-state index contributed by atoms with van der Waals surface area (Å²) in [7, 11) is 0. The Bertz CT molecular complexity index is 1080. The maximum Gasteiger partial charge on any atom is 0.141 e. The van der Waals surface area contributed by atoms with Crippen LogP contribution in [0.2, 0.25) is 0 Å². The molecule has 0 radical (unpaired) electrons. The van der Waals surface area contributed by atoms with E-state index in [4.69, 9.17) is 0 Å². The lowest BCUT2D eigenvalue weighted by molar-refractivity contribution is 0.122. The van der Waals surface area contributed by atoms with E-state index in [0.29, 0.717) is 0 Å². The smallest absolute Gasteiger partial charge is 0.141 e. The third kappa shape index (κ3) is 2.87. The molecule has 5 rings (SSSR count). The highest BCUT2D eigenvalue weighted by Gasteiger charge is 2.37. The van der Waals surface area contributed by atoms with E-state index in [0.717, 1.165) is 21.6 Å². The van der Waals surface area contributed by atoms with E-state index in [1.807, 2.05) is 66.7 Å². The van der Waals surface area contributed by atoms with Gasteiger partial charge in [0.05, 0.1) is 0 Å². The summed E-state index contributed by atoms with van der Waals surface area (Å²) in [5, 5.41) is 12.2. The minimum absolute atomic E-state index is 0.874. The molecule has 3 heteroatoms. The van der Waals surface area contributed by atoms with Gasteiger partial charge in [-0.25, -0.2) is 0 Å². The van der Waals surface area contributed by atoms with Crippen molar-refractivity contribution < 1.29 is 5.11 Å². The third-order valence-corrected chi connectivity index (χ3v) is 7.65. The van der Waals surface area contributed by atoms with E-state index in [1.165, 1.54) is 14.7 Å². The van der Waals surface area contributed by atoms with Crippen LogP contribution in [0.15, 0.2) is 123 Å². The normalized spacial score (nSPS) is 12.9. The molecule has 0 spiro atoms. The number of benzene rings is 4. The van der Waals surface area contributed by atoms with Crippen LogP contribution in [0.5, 0.6) is 0 Å². The largest absolute Gasteiger partial charge is 0.376 e. The molecule has 0 saturated carbocycles. The highest BCUT2D eigenvalue weighted by atomic mass is 32.2. The van der Waals surface area contributed by atoms with Gasteiger partial charge in [-0.3, -0.25) is 0 Å². The predicted molar refractivity (Wildman–Crippen MR) is 116 cm³/mol. The quantitative estimate of drug-likeness (QED) is 0.346. The maximum atomic E-state index is 12.2. The Morgan fingerprint density at radius 3 is 1.61 bits per heavy atom. The van der Waals surface area contributed by atoms with Crippen LogP contribution in [0.25, 0.3) is 0 Å². The summed E-state index contributed by atoms with van der Waals surface area (Å²) in [4.78, 5) is 4.81. The van der Waals surface area contributed by atoms with E-state index in [9.17, 15) is 5.11 Å². The molecule has 0 bridgehead atoms. The summed E-state index contributed by atoms with van der Waals surface area (Å²) in [5.74, 6) is 0. The highest BCUT2D eigenvalue weighted by Crippen LogP contribution is 2.53. The van der Waals surface area contributed by atoms with Gasteiger partial charge in [-0.05, 0) is 29.3 Å². The van der Waals surface area contributed by atoms with Crippen LogP contribution in [0.1, 0.15) is 16.7 Å². The first-order valence-electron chi connectivity index (χ1n) is 9.18. The van der Waals surface area contributed by atoms with Crippen LogP contribution < -0.4 is 0 Å². The molecule has 0 aliphatic carbocycles. The van der Waals surface area contributed by atoms with Crippen LogP contribution in [0.3, 0.4) is 0 Å². The second-order valence-electron chi connectivity index (χ2n) is 6.73. The molecule has 28 heavy (non-hydrogen) atoms. The van der Waals surface area contributed by atoms with Gasteiger partial charge in [-0.2, -0.15) is 0 Å². The van der Waals surface area contributed by atoms with Crippen LogP contribution >= 0.6 is 23.5 Å². The Labute approximate surface area is 173 Å².